The minimum atomic E-state index is -0.587. The zero-order valence-corrected chi connectivity index (χ0v) is 25.9. The molecule has 10 heteroatoms. The number of nitrogens with zero attached hydrogens (tertiary/aromatic N) is 5. The molecule has 5 rings (SSSR count). The van der Waals surface area contributed by atoms with Gasteiger partial charge in [-0.05, 0) is 83.9 Å². The number of hydrogen-bond acceptors (Lipinski definition) is 7. The van der Waals surface area contributed by atoms with Crippen molar-refractivity contribution < 1.29 is 14.3 Å². The maximum atomic E-state index is 12.9. The lowest BCUT2D eigenvalue weighted by atomic mass is 10.1. The topological polar surface area (TPSA) is 113 Å². The second-order valence-electron chi connectivity index (χ2n) is 12.1. The van der Waals surface area contributed by atoms with Gasteiger partial charge in [-0.15, -0.1) is 0 Å². The molecule has 228 valence electrons. The van der Waals surface area contributed by atoms with Crippen LogP contribution in [0.4, 0.5) is 5.69 Å². The number of ether oxygens (including phenoxy) is 1. The highest BCUT2D eigenvalue weighted by Crippen LogP contribution is 2.29. The number of anilines is 1. The maximum absolute atomic E-state index is 12.9. The van der Waals surface area contributed by atoms with Crippen LogP contribution < -0.4 is 10.5 Å². The molecule has 0 atom stereocenters. The van der Waals surface area contributed by atoms with Crippen LogP contribution in [0.3, 0.4) is 0 Å². The molecule has 0 aliphatic carbocycles. The molecule has 1 aliphatic rings. The van der Waals surface area contributed by atoms with Gasteiger partial charge in [0.2, 0.25) is 5.91 Å². The summed E-state index contributed by atoms with van der Waals surface area (Å²) < 4.78 is 7.59. The number of hydrogen-bond donors (Lipinski definition) is 1. The molecule has 2 aromatic carbocycles. The molecular formula is C33H42N6O4. The Morgan fingerprint density at radius 3 is 2.42 bits per heavy atom. The van der Waals surface area contributed by atoms with Gasteiger partial charge in [-0.2, -0.15) is 0 Å². The van der Waals surface area contributed by atoms with Crippen molar-refractivity contribution in [3.63, 3.8) is 0 Å². The SMILES string of the molecule is CCN(CC)c1ccc(-c2nc3cc4[nH]c(=O)c(CCC(=O)OC(C)(C)C)nc4cc3n2CCCN2CCCC2=O)cc1. The van der Waals surface area contributed by atoms with E-state index >= 15 is 0 Å². The van der Waals surface area contributed by atoms with Crippen molar-refractivity contribution in [3.05, 3.63) is 52.4 Å². The third kappa shape index (κ3) is 6.89. The van der Waals surface area contributed by atoms with Gasteiger partial charge in [-0.1, -0.05) is 0 Å². The van der Waals surface area contributed by atoms with Crippen molar-refractivity contribution in [3.8, 4) is 11.4 Å². The number of nitrogens with one attached hydrogen (secondary N) is 1. The molecule has 2 aromatic heterocycles. The molecule has 1 amide bonds. The minimum absolute atomic E-state index is 0.0713. The van der Waals surface area contributed by atoms with Crippen molar-refractivity contribution in [2.24, 2.45) is 0 Å². The summed E-state index contributed by atoms with van der Waals surface area (Å²) in [6.07, 6.45) is 2.60. The summed E-state index contributed by atoms with van der Waals surface area (Å²) in [5.41, 5.74) is 4.42. The van der Waals surface area contributed by atoms with Gasteiger partial charge in [0.1, 0.15) is 17.1 Å². The standard InChI is InChI=1S/C33H42N6O4/c1-6-37(7-2)23-13-11-22(12-14-23)31-35-27-20-25-26(21-28(27)39(31)19-9-18-38-17-8-10-29(38)40)34-24(32(42)36-25)15-16-30(41)43-33(3,4)5/h11-14,20-21H,6-10,15-19H2,1-5H3,(H,36,42). The molecule has 0 unspecified atom stereocenters. The average Bonchev–Trinajstić information content (AvgIpc) is 3.53. The first kappa shape index (κ1) is 30.3. The molecule has 0 bridgehead atoms. The lowest BCUT2D eigenvalue weighted by molar-refractivity contribution is -0.154. The summed E-state index contributed by atoms with van der Waals surface area (Å²) >= 11 is 0. The number of aromatic amines is 1. The number of aromatic nitrogens is 4. The Morgan fingerprint density at radius 2 is 1.77 bits per heavy atom. The molecular weight excluding hydrogens is 544 g/mol. The van der Waals surface area contributed by atoms with E-state index in [4.69, 9.17) is 9.72 Å². The molecule has 0 radical (unpaired) electrons. The number of rotatable bonds is 11. The minimum Gasteiger partial charge on any atom is -0.460 e. The number of esters is 1. The highest BCUT2D eigenvalue weighted by atomic mass is 16.6. The molecule has 0 spiro atoms. The number of fused-ring (bicyclic) bond motifs is 2. The molecule has 0 saturated carbocycles. The van der Waals surface area contributed by atoms with Crippen LogP contribution in [0.1, 0.15) is 66.0 Å². The highest BCUT2D eigenvalue weighted by molar-refractivity contribution is 5.93. The lowest BCUT2D eigenvalue weighted by Gasteiger charge is -2.21. The van der Waals surface area contributed by atoms with Gasteiger partial charge in [0.25, 0.3) is 5.56 Å². The number of aryl methyl sites for hydroxylation is 2. The van der Waals surface area contributed by atoms with E-state index in [1.165, 1.54) is 0 Å². The second kappa shape index (κ2) is 12.6. The third-order valence-electron chi connectivity index (χ3n) is 7.85. The lowest BCUT2D eigenvalue weighted by Crippen LogP contribution is -2.26. The average molecular weight is 587 g/mol. The first-order valence-corrected chi connectivity index (χ1v) is 15.3. The van der Waals surface area contributed by atoms with Gasteiger partial charge in [0, 0.05) is 56.8 Å². The number of likely N-dealkylation sites (tertiary alicyclic amines) is 1. The van der Waals surface area contributed by atoms with Crippen LogP contribution in [-0.4, -0.2) is 68.1 Å². The summed E-state index contributed by atoms with van der Waals surface area (Å²) in [6, 6.07) is 12.3. The fraction of sp³-hybridized carbons (Fsp3) is 0.485. The Hall–Kier alpha value is -4.21. The number of imidazole rings is 1. The number of H-pyrrole nitrogens is 1. The quantitative estimate of drug-likeness (QED) is 0.244. The molecule has 43 heavy (non-hydrogen) atoms. The zero-order chi connectivity index (χ0) is 30.7. The van der Waals surface area contributed by atoms with Crippen molar-refractivity contribution in [2.75, 3.05) is 31.1 Å². The summed E-state index contributed by atoms with van der Waals surface area (Å²) in [6.45, 7) is 13.8. The molecule has 1 fully saturated rings. The first-order valence-electron chi connectivity index (χ1n) is 15.3. The van der Waals surface area contributed by atoms with E-state index in [2.05, 4.69) is 57.5 Å². The van der Waals surface area contributed by atoms with E-state index in [0.29, 0.717) is 36.2 Å². The predicted octanol–water partition coefficient (Wildman–Crippen LogP) is 5.07. The number of carbonyl (C=O) groups excluding carboxylic acids is 2. The first-order chi connectivity index (χ1) is 20.6. The van der Waals surface area contributed by atoms with Gasteiger partial charge >= 0.3 is 5.97 Å². The van der Waals surface area contributed by atoms with Crippen LogP contribution in [0.2, 0.25) is 0 Å². The Labute approximate surface area is 252 Å². The van der Waals surface area contributed by atoms with E-state index in [-0.39, 0.29) is 30.3 Å². The van der Waals surface area contributed by atoms with Crippen molar-refractivity contribution in [1.29, 1.82) is 0 Å². The third-order valence-corrected chi connectivity index (χ3v) is 7.85. The Kier molecular flexibility index (Phi) is 8.84. The van der Waals surface area contributed by atoms with Gasteiger partial charge in [0.15, 0.2) is 0 Å². The molecule has 1 aliphatic heterocycles. The van der Waals surface area contributed by atoms with Crippen LogP contribution in [-0.2, 0) is 27.3 Å². The molecule has 10 nitrogen and oxygen atoms in total. The number of benzene rings is 2. The second-order valence-corrected chi connectivity index (χ2v) is 12.1. The molecule has 4 aromatic rings. The van der Waals surface area contributed by atoms with Gasteiger partial charge in [-0.25, -0.2) is 9.97 Å². The molecule has 3 heterocycles. The van der Waals surface area contributed by atoms with Gasteiger partial charge < -0.3 is 24.1 Å². The van der Waals surface area contributed by atoms with Crippen molar-refractivity contribution in [2.45, 2.75) is 78.9 Å². The van der Waals surface area contributed by atoms with Gasteiger partial charge in [-0.3, -0.25) is 14.4 Å². The highest BCUT2D eigenvalue weighted by Gasteiger charge is 2.21. The zero-order valence-electron chi connectivity index (χ0n) is 25.9. The predicted molar refractivity (Wildman–Crippen MR) is 169 cm³/mol. The van der Waals surface area contributed by atoms with Crippen LogP contribution in [0.15, 0.2) is 41.2 Å². The van der Waals surface area contributed by atoms with E-state index in [9.17, 15) is 14.4 Å². The van der Waals surface area contributed by atoms with Crippen LogP contribution >= 0.6 is 0 Å². The molecule has 1 N–H and O–H groups in total. The summed E-state index contributed by atoms with van der Waals surface area (Å²) in [5, 5.41) is 0. The smallest absolute Gasteiger partial charge is 0.306 e. The summed E-state index contributed by atoms with van der Waals surface area (Å²) in [7, 11) is 0. The summed E-state index contributed by atoms with van der Waals surface area (Å²) in [5.74, 6) is 0.688. The van der Waals surface area contributed by atoms with E-state index < -0.39 is 5.60 Å². The van der Waals surface area contributed by atoms with E-state index in [0.717, 1.165) is 60.6 Å². The Morgan fingerprint density at radius 1 is 1.02 bits per heavy atom. The number of amides is 1. The largest absolute Gasteiger partial charge is 0.460 e. The normalized spacial score (nSPS) is 13.8. The number of carbonyl (C=O) groups is 2. The summed E-state index contributed by atoms with van der Waals surface area (Å²) in [4.78, 5) is 54.2. The Bertz CT molecular complexity index is 1680. The van der Waals surface area contributed by atoms with Crippen LogP contribution in [0.5, 0.6) is 0 Å². The fourth-order valence-corrected chi connectivity index (χ4v) is 5.74. The van der Waals surface area contributed by atoms with Crippen molar-refractivity contribution in [1.82, 2.24) is 24.4 Å². The van der Waals surface area contributed by atoms with E-state index in [1.54, 1.807) is 0 Å². The van der Waals surface area contributed by atoms with Crippen LogP contribution in [0.25, 0.3) is 33.5 Å². The maximum Gasteiger partial charge on any atom is 0.306 e. The Balaban J connectivity index is 1.50. The monoisotopic (exact) mass is 586 g/mol. The molecule has 1 saturated heterocycles. The van der Waals surface area contributed by atoms with Crippen LogP contribution in [0, 0.1) is 0 Å². The van der Waals surface area contributed by atoms with E-state index in [1.807, 2.05) is 37.8 Å². The fourth-order valence-electron chi connectivity index (χ4n) is 5.74. The van der Waals surface area contributed by atoms with Crippen molar-refractivity contribution >= 4 is 39.6 Å². The van der Waals surface area contributed by atoms with Gasteiger partial charge in [0.05, 0.1) is 28.5 Å².